The van der Waals surface area contributed by atoms with Gasteiger partial charge < -0.3 is 9.77 Å². The van der Waals surface area contributed by atoms with E-state index in [4.69, 9.17) is 0 Å². The Labute approximate surface area is 172 Å². The summed E-state index contributed by atoms with van der Waals surface area (Å²) in [5.41, 5.74) is 3.28. The van der Waals surface area contributed by atoms with Crippen molar-refractivity contribution in [2.45, 2.75) is 32.9 Å². The predicted octanol–water partition coefficient (Wildman–Crippen LogP) is 3.68. The number of hydrogen-bond donors (Lipinski definition) is 1. The summed E-state index contributed by atoms with van der Waals surface area (Å²) in [5, 5.41) is 11.8. The van der Waals surface area contributed by atoms with Gasteiger partial charge in [0.2, 0.25) is 0 Å². The van der Waals surface area contributed by atoms with Gasteiger partial charge in [0.15, 0.2) is 0 Å². The number of nitrogens with zero attached hydrogens (tertiary/aromatic N) is 4. The molecule has 30 heavy (non-hydrogen) atoms. The van der Waals surface area contributed by atoms with Crippen LogP contribution in [0, 0.1) is 12.7 Å². The SMILES string of the molecule is Cc1cc2c(ncc3c2c(CN2CCCC2)cn3Cc2ccc(F)cc2)c(=O)n1O. The molecule has 6 nitrogen and oxygen atoms in total. The maximum atomic E-state index is 13.3. The van der Waals surface area contributed by atoms with Gasteiger partial charge in [0.1, 0.15) is 11.3 Å². The number of likely N-dealkylation sites (tertiary alicyclic amines) is 1. The van der Waals surface area contributed by atoms with E-state index in [-0.39, 0.29) is 11.3 Å². The highest BCUT2D eigenvalue weighted by Gasteiger charge is 2.20. The number of aryl methyl sites for hydroxylation is 1. The maximum absolute atomic E-state index is 13.3. The van der Waals surface area contributed by atoms with Gasteiger partial charge in [-0.05, 0) is 62.2 Å². The maximum Gasteiger partial charge on any atom is 0.309 e. The number of pyridine rings is 2. The minimum absolute atomic E-state index is 0.255. The summed E-state index contributed by atoms with van der Waals surface area (Å²) in [6.07, 6.45) is 6.22. The Bertz CT molecular complexity index is 1300. The fourth-order valence-electron chi connectivity index (χ4n) is 4.45. The van der Waals surface area contributed by atoms with Crippen LogP contribution in [0.4, 0.5) is 4.39 Å². The highest BCUT2D eigenvalue weighted by Crippen LogP contribution is 2.30. The number of halogens is 1. The molecule has 4 heterocycles. The van der Waals surface area contributed by atoms with E-state index in [9.17, 15) is 14.4 Å². The molecule has 0 bridgehead atoms. The standard InChI is InChI=1S/C23H23FN4O2/c1-15-10-19-21-17(13-26-8-2-3-9-26)14-27(12-16-4-6-18(24)7-5-16)20(21)11-25-22(19)23(29)28(15)30/h4-7,10-11,14,30H,2-3,8-9,12-13H2,1H3. The highest BCUT2D eigenvalue weighted by molar-refractivity contribution is 6.06. The van der Waals surface area contributed by atoms with Crippen LogP contribution >= 0.6 is 0 Å². The fourth-order valence-corrected chi connectivity index (χ4v) is 4.45. The predicted molar refractivity (Wildman–Crippen MR) is 113 cm³/mol. The Balaban J connectivity index is 1.71. The third kappa shape index (κ3) is 3.15. The number of benzene rings is 1. The minimum atomic E-state index is -0.509. The van der Waals surface area contributed by atoms with Crippen molar-refractivity contribution in [1.29, 1.82) is 0 Å². The lowest BCUT2D eigenvalue weighted by Crippen LogP contribution is -2.21. The molecule has 1 N–H and O–H groups in total. The fraction of sp³-hybridized carbons (Fsp3) is 0.304. The van der Waals surface area contributed by atoms with Gasteiger partial charge in [-0.3, -0.25) is 9.69 Å². The molecule has 0 radical (unpaired) electrons. The summed E-state index contributed by atoms with van der Waals surface area (Å²) in [6, 6.07) is 8.32. The third-order valence-corrected chi connectivity index (χ3v) is 5.98. The summed E-state index contributed by atoms with van der Waals surface area (Å²) in [5.74, 6) is -0.255. The van der Waals surface area contributed by atoms with Gasteiger partial charge in [0.05, 0.1) is 17.4 Å². The Morgan fingerprint density at radius 2 is 1.87 bits per heavy atom. The first-order chi connectivity index (χ1) is 14.5. The van der Waals surface area contributed by atoms with Gasteiger partial charge in [0, 0.05) is 30.1 Å². The number of hydrogen-bond acceptors (Lipinski definition) is 4. The molecule has 0 saturated carbocycles. The molecule has 4 aromatic rings. The van der Waals surface area contributed by atoms with E-state index < -0.39 is 5.56 Å². The van der Waals surface area contributed by atoms with Crippen LogP contribution in [0.3, 0.4) is 0 Å². The summed E-state index contributed by atoms with van der Waals surface area (Å²) < 4.78 is 16.1. The first-order valence-corrected chi connectivity index (χ1v) is 10.2. The van der Waals surface area contributed by atoms with E-state index in [2.05, 4.69) is 20.6 Å². The van der Waals surface area contributed by atoms with E-state index in [1.54, 1.807) is 25.3 Å². The third-order valence-electron chi connectivity index (χ3n) is 5.98. The molecule has 0 spiro atoms. The molecule has 3 aromatic heterocycles. The van der Waals surface area contributed by atoms with Gasteiger partial charge in [0.25, 0.3) is 0 Å². The Morgan fingerprint density at radius 3 is 2.60 bits per heavy atom. The molecule has 0 aliphatic carbocycles. The zero-order chi connectivity index (χ0) is 20.8. The van der Waals surface area contributed by atoms with Crippen LogP contribution in [-0.4, -0.2) is 37.5 Å². The highest BCUT2D eigenvalue weighted by atomic mass is 19.1. The van der Waals surface area contributed by atoms with Crippen molar-refractivity contribution in [3.05, 3.63) is 75.7 Å². The number of aromatic nitrogens is 3. The van der Waals surface area contributed by atoms with Crippen LogP contribution in [0.25, 0.3) is 21.8 Å². The summed E-state index contributed by atoms with van der Waals surface area (Å²) in [6.45, 7) is 5.22. The molecule has 1 fully saturated rings. The topological polar surface area (TPSA) is 63.3 Å². The number of fused-ring (bicyclic) bond motifs is 3. The molecule has 7 heteroatoms. The Morgan fingerprint density at radius 1 is 1.13 bits per heavy atom. The lowest BCUT2D eigenvalue weighted by Gasteiger charge is -2.14. The summed E-state index contributed by atoms with van der Waals surface area (Å²) in [4.78, 5) is 19.4. The van der Waals surface area contributed by atoms with Gasteiger partial charge in [-0.1, -0.05) is 12.1 Å². The van der Waals surface area contributed by atoms with Crippen molar-refractivity contribution in [3.8, 4) is 0 Å². The van der Waals surface area contributed by atoms with Crippen molar-refractivity contribution < 1.29 is 9.60 Å². The molecule has 1 aliphatic rings. The second-order valence-electron chi connectivity index (χ2n) is 8.08. The molecule has 0 unspecified atom stereocenters. The van der Waals surface area contributed by atoms with Crippen LogP contribution in [0.1, 0.15) is 29.7 Å². The molecule has 0 atom stereocenters. The van der Waals surface area contributed by atoms with Crippen molar-refractivity contribution in [3.63, 3.8) is 0 Å². The van der Waals surface area contributed by atoms with Gasteiger partial charge in [-0.15, -0.1) is 0 Å². The number of rotatable bonds is 4. The van der Waals surface area contributed by atoms with E-state index in [1.165, 1.54) is 25.0 Å². The van der Waals surface area contributed by atoms with Gasteiger partial charge >= 0.3 is 5.56 Å². The van der Waals surface area contributed by atoms with Crippen molar-refractivity contribution >= 4 is 21.8 Å². The second-order valence-corrected chi connectivity index (χ2v) is 8.08. The van der Waals surface area contributed by atoms with E-state index in [1.807, 2.05) is 6.07 Å². The minimum Gasteiger partial charge on any atom is -0.425 e. The monoisotopic (exact) mass is 406 g/mol. The van der Waals surface area contributed by atoms with Crippen LogP contribution in [0.2, 0.25) is 0 Å². The van der Waals surface area contributed by atoms with E-state index in [0.717, 1.165) is 47.1 Å². The zero-order valence-corrected chi connectivity index (χ0v) is 16.8. The van der Waals surface area contributed by atoms with Crippen LogP contribution < -0.4 is 5.56 Å². The lowest BCUT2D eigenvalue weighted by molar-refractivity contribution is 0.170. The van der Waals surface area contributed by atoms with Crippen LogP contribution in [0.15, 0.2) is 47.5 Å². The van der Waals surface area contributed by atoms with Gasteiger partial charge in [-0.2, -0.15) is 4.73 Å². The Hall–Kier alpha value is -3.19. The average molecular weight is 406 g/mol. The molecule has 1 aliphatic heterocycles. The second kappa shape index (κ2) is 7.25. The Kier molecular flexibility index (Phi) is 4.55. The normalized spacial score (nSPS) is 14.9. The van der Waals surface area contributed by atoms with Crippen molar-refractivity contribution in [2.24, 2.45) is 0 Å². The molecule has 5 rings (SSSR count). The first-order valence-electron chi connectivity index (χ1n) is 10.2. The van der Waals surface area contributed by atoms with Crippen molar-refractivity contribution in [2.75, 3.05) is 13.1 Å². The molecule has 0 amide bonds. The van der Waals surface area contributed by atoms with E-state index >= 15 is 0 Å². The molecular weight excluding hydrogens is 383 g/mol. The van der Waals surface area contributed by atoms with Crippen LogP contribution in [-0.2, 0) is 13.1 Å². The summed E-state index contributed by atoms with van der Waals surface area (Å²) in [7, 11) is 0. The van der Waals surface area contributed by atoms with Crippen LogP contribution in [0.5, 0.6) is 0 Å². The average Bonchev–Trinajstić information content (AvgIpc) is 3.37. The van der Waals surface area contributed by atoms with Crippen molar-refractivity contribution in [1.82, 2.24) is 19.2 Å². The van der Waals surface area contributed by atoms with Gasteiger partial charge in [-0.25, -0.2) is 9.37 Å². The smallest absolute Gasteiger partial charge is 0.309 e. The molecule has 1 aromatic carbocycles. The first kappa shape index (κ1) is 18.8. The zero-order valence-electron chi connectivity index (χ0n) is 16.8. The quantitative estimate of drug-likeness (QED) is 0.525. The molecule has 154 valence electrons. The summed E-state index contributed by atoms with van der Waals surface area (Å²) >= 11 is 0. The largest absolute Gasteiger partial charge is 0.425 e. The molecule has 1 saturated heterocycles. The lowest BCUT2D eigenvalue weighted by atomic mass is 10.1. The molecular formula is C23H23FN4O2. The van der Waals surface area contributed by atoms with E-state index in [0.29, 0.717) is 17.0 Å².